The smallest absolute Gasteiger partial charge is 0.433 e. The van der Waals surface area contributed by atoms with Crippen molar-refractivity contribution in [1.29, 1.82) is 5.26 Å². The first-order valence-electron chi connectivity index (χ1n) is 12.6. The number of fused-ring (bicyclic) bond motifs is 1. The third-order valence-corrected chi connectivity index (χ3v) is 6.73. The maximum atomic E-state index is 13.8. The second kappa shape index (κ2) is 12.5. The van der Waals surface area contributed by atoms with Crippen molar-refractivity contribution >= 4 is 40.9 Å². The molecule has 0 aromatic heterocycles. The van der Waals surface area contributed by atoms with Crippen LogP contribution in [0, 0.1) is 25.2 Å². The number of nitrogens with zero attached hydrogens (tertiary/aromatic N) is 2. The third-order valence-electron chi connectivity index (χ3n) is 6.50. The maximum absolute atomic E-state index is 13.8. The first-order valence-corrected chi connectivity index (χ1v) is 13.0. The zero-order valence-corrected chi connectivity index (χ0v) is 22.5. The second-order valence-corrected chi connectivity index (χ2v) is 9.65. The first-order chi connectivity index (χ1) is 18.8. The Balaban J connectivity index is 1.55. The number of ether oxygens (including phenoxy) is 2. The molecule has 3 aromatic rings. The summed E-state index contributed by atoms with van der Waals surface area (Å²) in [5, 5.41) is 12.0. The summed E-state index contributed by atoms with van der Waals surface area (Å²) in [6, 6.07) is 19.5. The lowest BCUT2D eigenvalue weighted by Crippen LogP contribution is -2.32. The fraction of sp³-hybridized carbons (Fsp3) is 0.267. The van der Waals surface area contributed by atoms with Crippen LogP contribution in [0.5, 0.6) is 0 Å². The van der Waals surface area contributed by atoms with Gasteiger partial charge < -0.3 is 19.7 Å². The lowest BCUT2D eigenvalue weighted by Gasteiger charge is -2.25. The summed E-state index contributed by atoms with van der Waals surface area (Å²) in [7, 11) is 0. The van der Waals surface area contributed by atoms with Gasteiger partial charge in [0.05, 0.1) is 18.2 Å². The van der Waals surface area contributed by atoms with Crippen LogP contribution in [0.15, 0.2) is 60.7 Å². The Morgan fingerprint density at radius 2 is 1.85 bits per heavy atom. The van der Waals surface area contributed by atoms with Crippen molar-refractivity contribution in [2.24, 2.45) is 0 Å². The van der Waals surface area contributed by atoms with Crippen molar-refractivity contribution in [2.45, 2.75) is 39.2 Å². The number of rotatable bonds is 6. The van der Waals surface area contributed by atoms with Crippen molar-refractivity contribution in [3.63, 3.8) is 0 Å². The largest absolute Gasteiger partial charge is 0.508 e. The number of aryl methyl sites for hydroxylation is 2. The van der Waals surface area contributed by atoms with Crippen LogP contribution in [0.1, 0.15) is 62.8 Å². The highest BCUT2D eigenvalue weighted by atomic mass is 35.5. The molecule has 0 fully saturated rings. The molecule has 0 radical (unpaired) electrons. The van der Waals surface area contributed by atoms with E-state index in [1.165, 1.54) is 0 Å². The number of carbonyl (C=O) groups excluding carboxylic acids is 3. The molecule has 9 heteroatoms. The van der Waals surface area contributed by atoms with Gasteiger partial charge in [0.25, 0.3) is 11.8 Å². The molecule has 4 rings (SSSR count). The number of benzene rings is 3. The monoisotopic (exact) mass is 545 g/mol. The summed E-state index contributed by atoms with van der Waals surface area (Å²) in [6.45, 7) is 4.04. The lowest BCUT2D eigenvalue weighted by atomic mass is 10.0. The van der Waals surface area contributed by atoms with Crippen LogP contribution in [-0.2, 0) is 9.47 Å². The molecule has 1 atom stereocenters. The number of amides is 2. The zero-order valence-electron chi connectivity index (χ0n) is 21.7. The van der Waals surface area contributed by atoms with Crippen molar-refractivity contribution in [1.82, 2.24) is 0 Å². The number of hydrogen-bond donors (Lipinski definition) is 1. The highest BCUT2D eigenvalue weighted by Crippen LogP contribution is 2.38. The van der Waals surface area contributed by atoms with Crippen molar-refractivity contribution < 1.29 is 23.9 Å². The van der Waals surface area contributed by atoms with Gasteiger partial charge in [-0.25, -0.2) is 4.79 Å². The van der Waals surface area contributed by atoms with E-state index < -0.39 is 12.3 Å². The minimum Gasteiger partial charge on any atom is -0.433 e. The average molecular weight is 546 g/mol. The predicted octanol–water partition coefficient (Wildman–Crippen LogP) is 6.76. The molecule has 0 saturated carbocycles. The number of carbonyl (C=O) groups is 3. The Bertz CT molecular complexity index is 1450. The number of nitrogens with one attached hydrogen (secondary N) is 1. The van der Waals surface area contributed by atoms with Gasteiger partial charge in [0.2, 0.25) is 0 Å². The van der Waals surface area contributed by atoms with Crippen molar-refractivity contribution in [2.75, 3.05) is 23.4 Å². The second-order valence-electron chi connectivity index (χ2n) is 9.21. The Hall–Kier alpha value is -4.35. The van der Waals surface area contributed by atoms with Gasteiger partial charge in [-0.05, 0) is 80.3 Å². The van der Waals surface area contributed by atoms with Gasteiger partial charge >= 0.3 is 6.16 Å². The molecular weight excluding hydrogens is 518 g/mol. The Labute approximate surface area is 232 Å². The van der Waals surface area contributed by atoms with Crippen LogP contribution in [0.4, 0.5) is 16.2 Å². The maximum Gasteiger partial charge on any atom is 0.508 e. The van der Waals surface area contributed by atoms with Gasteiger partial charge in [0.15, 0.2) is 0 Å². The van der Waals surface area contributed by atoms with Gasteiger partial charge in [-0.15, -0.1) is 0 Å². The molecule has 1 aliphatic heterocycles. The minimum atomic E-state index is -0.875. The van der Waals surface area contributed by atoms with E-state index in [0.717, 1.165) is 5.56 Å². The van der Waals surface area contributed by atoms with E-state index in [4.69, 9.17) is 26.3 Å². The zero-order chi connectivity index (χ0) is 27.9. The summed E-state index contributed by atoms with van der Waals surface area (Å²) in [5.41, 5.74) is 4.43. The van der Waals surface area contributed by atoms with E-state index in [2.05, 4.69) is 5.32 Å². The number of hydrogen-bond acceptors (Lipinski definition) is 6. The van der Waals surface area contributed by atoms with Crippen molar-refractivity contribution in [3.05, 3.63) is 93.5 Å². The first kappa shape index (κ1) is 27.7. The number of halogens is 1. The summed E-state index contributed by atoms with van der Waals surface area (Å²) in [6.07, 6.45) is -0.435. The number of anilines is 2. The SMILES string of the molecule is Cc1ccccc1C(=O)Nc1ccc(C(=O)N2CCCC(OC(=O)OCCC#N)c3cc(Cl)ccc32)c(C)c1. The molecule has 0 bridgehead atoms. The molecule has 1 unspecified atom stereocenters. The summed E-state index contributed by atoms with van der Waals surface area (Å²) in [4.78, 5) is 40.4. The highest BCUT2D eigenvalue weighted by molar-refractivity contribution is 6.30. The van der Waals surface area contributed by atoms with E-state index in [9.17, 15) is 14.4 Å². The Kier molecular flexibility index (Phi) is 8.84. The molecule has 200 valence electrons. The van der Waals surface area contributed by atoms with Gasteiger partial charge in [-0.3, -0.25) is 9.59 Å². The highest BCUT2D eigenvalue weighted by Gasteiger charge is 2.30. The van der Waals surface area contributed by atoms with Crippen LogP contribution < -0.4 is 10.2 Å². The van der Waals surface area contributed by atoms with E-state index in [0.29, 0.717) is 58.0 Å². The topological polar surface area (TPSA) is 109 Å². The molecule has 1 heterocycles. The van der Waals surface area contributed by atoms with E-state index >= 15 is 0 Å². The lowest BCUT2D eigenvalue weighted by molar-refractivity contribution is 0.0213. The van der Waals surface area contributed by atoms with Crippen LogP contribution in [0.25, 0.3) is 0 Å². The van der Waals surface area contributed by atoms with Crippen LogP contribution >= 0.6 is 11.6 Å². The van der Waals surface area contributed by atoms with E-state index in [1.807, 2.05) is 38.1 Å². The fourth-order valence-electron chi connectivity index (χ4n) is 4.56. The van der Waals surface area contributed by atoms with E-state index in [-0.39, 0.29) is 24.8 Å². The van der Waals surface area contributed by atoms with Crippen LogP contribution in [0.3, 0.4) is 0 Å². The molecule has 1 aliphatic rings. The average Bonchev–Trinajstić information content (AvgIpc) is 3.08. The summed E-state index contributed by atoms with van der Waals surface area (Å²) >= 11 is 6.27. The van der Waals surface area contributed by atoms with Crippen LogP contribution in [-0.4, -0.2) is 31.1 Å². The van der Waals surface area contributed by atoms with Gasteiger partial charge in [0, 0.05) is 33.9 Å². The molecule has 2 amide bonds. The molecule has 0 aliphatic carbocycles. The summed E-state index contributed by atoms with van der Waals surface area (Å²) < 4.78 is 10.5. The van der Waals surface area contributed by atoms with Gasteiger partial charge in [-0.2, -0.15) is 5.26 Å². The fourth-order valence-corrected chi connectivity index (χ4v) is 4.74. The molecule has 39 heavy (non-hydrogen) atoms. The third kappa shape index (κ3) is 6.57. The minimum absolute atomic E-state index is 0.0598. The summed E-state index contributed by atoms with van der Waals surface area (Å²) in [5.74, 6) is -0.438. The van der Waals surface area contributed by atoms with E-state index in [1.54, 1.807) is 47.4 Å². The molecule has 1 N–H and O–H groups in total. The Morgan fingerprint density at radius 1 is 1.05 bits per heavy atom. The normalized spacial score (nSPS) is 14.4. The van der Waals surface area contributed by atoms with Crippen LogP contribution in [0.2, 0.25) is 5.02 Å². The molecule has 8 nitrogen and oxygen atoms in total. The van der Waals surface area contributed by atoms with Gasteiger partial charge in [0.1, 0.15) is 12.7 Å². The standard InChI is InChI=1S/C30H28ClN3O5/c1-19-7-3-4-8-23(19)28(35)33-22-11-12-24(20(2)17-22)29(36)34-15-5-9-27(39-30(37)38-16-6-14-32)25-18-21(31)10-13-26(25)34/h3-4,7-8,10-13,17-18,27H,5-6,9,15-16H2,1-2H3,(H,33,35). The quantitative estimate of drug-likeness (QED) is 0.271. The number of nitriles is 1. The molecular formula is C30H28ClN3O5. The van der Waals surface area contributed by atoms with Crippen molar-refractivity contribution in [3.8, 4) is 6.07 Å². The predicted molar refractivity (Wildman–Crippen MR) is 148 cm³/mol. The Morgan fingerprint density at radius 3 is 2.59 bits per heavy atom. The van der Waals surface area contributed by atoms with Gasteiger partial charge in [-0.1, -0.05) is 29.8 Å². The molecule has 0 spiro atoms. The molecule has 3 aromatic carbocycles. The molecule has 0 saturated heterocycles.